The Bertz CT molecular complexity index is 537. The van der Waals surface area contributed by atoms with Crippen LogP contribution < -0.4 is 0 Å². The molecular formula is C11H9ClN2O3S. The van der Waals surface area contributed by atoms with Gasteiger partial charge in [-0.3, -0.25) is 14.9 Å². The lowest BCUT2D eigenvalue weighted by molar-refractivity contribution is -0.385. The van der Waals surface area contributed by atoms with Gasteiger partial charge in [-0.1, -0.05) is 29.3 Å². The largest absolute Gasteiger partial charge is 0.304 e. The van der Waals surface area contributed by atoms with E-state index in [-0.39, 0.29) is 21.5 Å². The second-order valence-electron chi connectivity index (χ2n) is 3.17. The van der Waals surface area contributed by atoms with Crippen LogP contribution in [0.25, 0.3) is 0 Å². The lowest BCUT2D eigenvalue weighted by atomic mass is 10.3. The van der Waals surface area contributed by atoms with E-state index in [9.17, 15) is 14.9 Å². The molecule has 1 rings (SSSR count). The Morgan fingerprint density at radius 2 is 2.39 bits per heavy atom. The Labute approximate surface area is 113 Å². The van der Waals surface area contributed by atoms with Gasteiger partial charge in [0.15, 0.2) is 10.8 Å². The first-order valence-corrected chi connectivity index (χ1v) is 6.29. The van der Waals surface area contributed by atoms with Crippen molar-refractivity contribution in [2.75, 3.05) is 5.75 Å². The maximum absolute atomic E-state index is 10.7. The number of carbonyl (C=O) groups is 1. The average Bonchev–Trinajstić information content (AvgIpc) is 2.29. The summed E-state index contributed by atoms with van der Waals surface area (Å²) < 4.78 is 0. The smallest absolute Gasteiger partial charge is 0.288 e. The molecular weight excluding hydrogens is 276 g/mol. The second kappa shape index (κ2) is 6.99. The van der Waals surface area contributed by atoms with Gasteiger partial charge in [-0.25, -0.2) is 4.98 Å². The molecule has 0 N–H and O–H groups in total. The highest BCUT2D eigenvalue weighted by Gasteiger charge is 2.13. The Hall–Kier alpha value is -1.58. The molecule has 0 unspecified atom stereocenters. The molecule has 0 radical (unpaired) electrons. The minimum atomic E-state index is -0.576. The van der Waals surface area contributed by atoms with Crippen molar-refractivity contribution in [2.24, 2.45) is 0 Å². The van der Waals surface area contributed by atoms with E-state index in [4.69, 9.17) is 11.6 Å². The van der Waals surface area contributed by atoms with Crippen LogP contribution in [-0.2, 0) is 4.79 Å². The molecule has 0 aliphatic carbocycles. The van der Waals surface area contributed by atoms with Gasteiger partial charge in [0.1, 0.15) is 0 Å². The number of pyridine rings is 1. The molecule has 1 aromatic heterocycles. The van der Waals surface area contributed by atoms with Gasteiger partial charge < -0.3 is 0 Å². The number of thioether (sulfide) groups is 1. The van der Waals surface area contributed by atoms with E-state index >= 15 is 0 Å². The highest BCUT2D eigenvalue weighted by molar-refractivity contribution is 8.13. The number of aromatic nitrogens is 1. The molecule has 7 heteroatoms. The van der Waals surface area contributed by atoms with Crippen LogP contribution in [0.4, 0.5) is 5.69 Å². The SMILES string of the molecule is CC(=O)SCCC#Cc1ncc(Cl)cc1[N+](=O)[O-]. The van der Waals surface area contributed by atoms with Gasteiger partial charge in [-0.15, -0.1) is 0 Å². The van der Waals surface area contributed by atoms with Crippen LogP contribution >= 0.6 is 23.4 Å². The minimum absolute atomic E-state index is 0.0207. The van der Waals surface area contributed by atoms with Crippen LogP contribution in [0.2, 0.25) is 5.02 Å². The molecule has 0 bridgehead atoms. The third-order valence-corrected chi connectivity index (χ3v) is 2.79. The predicted molar refractivity (Wildman–Crippen MR) is 70.5 cm³/mol. The van der Waals surface area contributed by atoms with Crippen molar-refractivity contribution in [3.05, 3.63) is 33.1 Å². The summed E-state index contributed by atoms with van der Waals surface area (Å²) in [5.41, 5.74) is -0.133. The van der Waals surface area contributed by atoms with Crippen LogP contribution in [-0.4, -0.2) is 20.8 Å². The molecule has 0 spiro atoms. The average molecular weight is 285 g/mol. The van der Waals surface area contributed by atoms with Crippen molar-refractivity contribution >= 4 is 34.2 Å². The molecule has 0 saturated carbocycles. The first kappa shape index (κ1) is 14.5. The summed E-state index contributed by atoms with van der Waals surface area (Å²) in [6, 6.07) is 1.21. The first-order valence-electron chi connectivity index (χ1n) is 4.93. The molecule has 0 fully saturated rings. The van der Waals surface area contributed by atoms with E-state index < -0.39 is 4.92 Å². The Kier molecular flexibility index (Phi) is 5.62. The Morgan fingerprint density at radius 1 is 1.67 bits per heavy atom. The zero-order chi connectivity index (χ0) is 13.5. The van der Waals surface area contributed by atoms with Crippen LogP contribution in [0.15, 0.2) is 12.3 Å². The predicted octanol–water partition coefficient (Wildman–Crippen LogP) is 2.66. The summed E-state index contributed by atoms with van der Waals surface area (Å²) in [6.07, 6.45) is 1.77. The number of carbonyl (C=O) groups excluding carboxylic acids is 1. The molecule has 0 aliphatic heterocycles. The third kappa shape index (κ3) is 4.73. The lowest BCUT2D eigenvalue weighted by Crippen LogP contribution is -1.95. The van der Waals surface area contributed by atoms with Gasteiger partial charge in [-0.2, -0.15) is 0 Å². The van der Waals surface area contributed by atoms with Crippen LogP contribution in [0.5, 0.6) is 0 Å². The zero-order valence-electron chi connectivity index (χ0n) is 9.47. The molecule has 5 nitrogen and oxygen atoms in total. The summed E-state index contributed by atoms with van der Waals surface area (Å²) in [4.78, 5) is 24.6. The number of rotatable bonds is 3. The van der Waals surface area contributed by atoms with Gasteiger partial charge in [0.2, 0.25) is 0 Å². The second-order valence-corrected chi connectivity index (χ2v) is 4.88. The van der Waals surface area contributed by atoms with Crippen molar-refractivity contribution in [2.45, 2.75) is 13.3 Å². The zero-order valence-corrected chi connectivity index (χ0v) is 11.0. The fourth-order valence-corrected chi connectivity index (χ4v) is 1.70. The lowest BCUT2D eigenvalue weighted by Gasteiger charge is -1.95. The van der Waals surface area contributed by atoms with Gasteiger partial charge >= 0.3 is 5.69 Å². The molecule has 1 heterocycles. The standard InChI is InChI=1S/C11H9ClN2O3S/c1-8(15)18-5-3-2-4-10-11(14(16)17)6-9(12)7-13-10/h6-7H,3,5H2,1H3. The highest BCUT2D eigenvalue weighted by Crippen LogP contribution is 2.19. The van der Waals surface area contributed by atoms with Crippen molar-refractivity contribution in [3.63, 3.8) is 0 Å². The van der Waals surface area contributed by atoms with Gasteiger partial charge in [0.25, 0.3) is 0 Å². The van der Waals surface area contributed by atoms with Gasteiger partial charge in [0, 0.05) is 31.4 Å². The summed E-state index contributed by atoms with van der Waals surface area (Å²) in [5, 5.41) is 11.0. The number of hydrogen-bond acceptors (Lipinski definition) is 5. The summed E-state index contributed by atoms with van der Waals surface area (Å²) in [5.74, 6) is 5.91. The third-order valence-electron chi connectivity index (χ3n) is 1.77. The molecule has 94 valence electrons. The maximum Gasteiger partial charge on any atom is 0.304 e. The molecule has 0 atom stereocenters. The monoisotopic (exact) mass is 284 g/mol. The van der Waals surface area contributed by atoms with Crippen molar-refractivity contribution in [1.82, 2.24) is 4.98 Å². The minimum Gasteiger partial charge on any atom is -0.288 e. The van der Waals surface area contributed by atoms with Crippen molar-refractivity contribution in [3.8, 4) is 11.8 Å². The van der Waals surface area contributed by atoms with Crippen molar-refractivity contribution < 1.29 is 9.72 Å². The van der Waals surface area contributed by atoms with E-state index in [2.05, 4.69) is 16.8 Å². The molecule has 1 aromatic rings. The fraction of sp³-hybridized carbons (Fsp3) is 0.273. The first-order chi connectivity index (χ1) is 8.50. The quantitative estimate of drug-likeness (QED) is 0.369. The van der Waals surface area contributed by atoms with E-state index in [1.807, 2.05) is 0 Å². The van der Waals surface area contributed by atoms with Crippen LogP contribution in [0.3, 0.4) is 0 Å². The van der Waals surface area contributed by atoms with E-state index in [1.54, 1.807) is 0 Å². The topological polar surface area (TPSA) is 73.1 Å². The number of hydrogen-bond donors (Lipinski definition) is 0. The molecule has 0 aromatic carbocycles. The number of nitro groups is 1. The molecule has 0 aliphatic rings. The highest BCUT2D eigenvalue weighted by atomic mass is 35.5. The van der Waals surface area contributed by atoms with Crippen molar-refractivity contribution in [1.29, 1.82) is 0 Å². The normalized spacial score (nSPS) is 9.44. The summed E-state index contributed by atoms with van der Waals surface area (Å²) in [7, 11) is 0. The number of halogens is 1. The number of nitrogens with zero attached hydrogens (tertiary/aromatic N) is 2. The van der Waals surface area contributed by atoms with Crippen LogP contribution in [0.1, 0.15) is 19.0 Å². The van der Waals surface area contributed by atoms with E-state index in [0.717, 1.165) is 11.8 Å². The van der Waals surface area contributed by atoms with Gasteiger partial charge in [-0.05, 0) is 5.92 Å². The maximum atomic E-state index is 10.7. The molecule has 0 saturated heterocycles. The summed E-state index contributed by atoms with van der Waals surface area (Å²) >= 11 is 6.79. The molecule has 0 amide bonds. The molecule has 18 heavy (non-hydrogen) atoms. The van der Waals surface area contributed by atoms with Crippen LogP contribution in [0, 0.1) is 22.0 Å². The summed E-state index contributed by atoms with van der Waals surface area (Å²) in [6.45, 7) is 1.48. The van der Waals surface area contributed by atoms with E-state index in [1.165, 1.54) is 19.2 Å². The van der Waals surface area contributed by atoms with Gasteiger partial charge in [0.05, 0.1) is 9.95 Å². The Balaban J connectivity index is 2.75. The van der Waals surface area contributed by atoms with E-state index in [0.29, 0.717) is 12.2 Å². The Morgan fingerprint density at radius 3 is 3.00 bits per heavy atom. The fourth-order valence-electron chi connectivity index (χ4n) is 1.06.